The van der Waals surface area contributed by atoms with E-state index in [-0.39, 0.29) is 6.61 Å². The second-order valence-electron chi connectivity index (χ2n) is 6.56. The number of fused-ring (bicyclic) bond motifs is 3. The molecule has 0 bridgehead atoms. The Bertz CT molecular complexity index is 501. The SMILES string of the molecule is OC[C@H]1[C@H]2c3ccccc3NC[C@@H]2N1CC1CCOCC1. The molecule has 3 aliphatic heterocycles. The first kappa shape index (κ1) is 13.6. The number of ether oxygens (including phenoxy) is 1. The topological polar surface area (TPSA) is 44.7 Å². The van der Waals surface area contributed by atoms with E-state index in [9.17, 15) is 5.11 Å². The first-order valence-corrected chi connectivity index (χ1v) is 8.15. The summed E-state index contributed by atoms with van der Waals surface area (Å²) in [7, 11) is 0. The van der Waals surface area contributed by atoms with Crippen molar-refractivity contribution < 1.29 is 9.84 Å². The van der Waals surface area contributed by atoms with E-state index in [4.69, 9.17) is 4.74 Å². The van der Waals surface area contributed by atoms with Gasteiger partial charge in [0.1, 0.15) is 0 Å². The van der Waals surface area contributed by atoms with Gasteiger partial charge in [0.15, 0.2) is 0 Å². The van der Waals surface area contributed by atoms with Crippen LogP contribution in [-0.2, 0) is 4.74 Å². The van der Waals surface area contributed by atoms with Gasteiger partial charge in [-0.1, -0.05) is 18.2 Å². The standard InChI is InChI=1S/C17H24N2O2/c20-11-16-17-13-3-1-2-4-14(13)18-9-15(17)19(16)10-12-5-7-21-8-6-12/h1-4,12,15-18,20H,5-11H2/t15-,16-,17-/m0/s1. The minimum Gasteiger partial charge on any atom is -0.395 e. The lowest BCUT2D eigenvalue weighted by Gasteiger charge is -2.58. The summed E-state index contributed by atoms with van der Waals surface area (Å²) in [6.45, 7) is 4.18. The number of aliphatic hydroxyl groups excluding tert-OH is 1. The molecule has 1 aromatic carbocycles. The number of rotatable bonds is 3. The molecule has 3 heterocycles. The second kappa shape index (κ2) is 5.59. The van der Waals surface area contributed by atoms with Crippen molar-refractivity contribution in [3.8, 4) is 0 Å². The van der Waals surface area contributed by atoms with Gasteiger partial charge in [-0.15, -0.1) is 0 Å². The van der Waals surface area contributed by atoms with Gasteiger partial charge in [0.05, 0.1) is 6.61 Å². The first-order valence-electron chi connectivity index (χ1n) is 8.15. The Morgan fingerprint density at radius 1 is 1.24 bits per heavy atom. The van der Waals surface area contributed by atoms with E-state index in [1.54, 1.807) is 0 Å². The number of anilines is 1. The number of para-hydroxylation sites is 1. The predicted molar refractivity (Wildman–Crippen MR) is 82.6 cm³/mol. The molecule has 114 valence electrons. The van der Waals surface area contributed by atoms with Gasteiger partial charge in [-0.2, -0.15) is 0 Å². The van der Waals surface area contributed by atoms with E-state index < -0.39 is 0 Å². The molecular weight excluding hydrogens is 264 g/mol. The molecule has 2 saturated heterocycles. The lowest BCUT2D eigenvalue weighted by atomic mass is 9.72. The summed E-state index contributed by atoms with van der Waals surface area (Å²) >= 11 is 0. The summed E-state index contributed by atoms with van der Waals surface area (Å²) in [6.07, 6.45) is 2.33. The van der Waals surface area contributed by atoms with Crippen molar-refractivity contribution in [3.05, 3.63) is 29.8 Å². The van der Waals surface area contributed by atoms with E-state index in [1.165, 1.54) is 11.3 Å². The van der Waals surface area contributed by atoms with E-state index in [1.807, 2.05) is 0 Å². The molecule has 0 aromatic heterocycles. The molecule has 4 nitrogen and oxygen atoms in total. The maximum atomic E-state index is 9.86. The third kappa shape index (κ3) is 2.26. The number of hydrogen-bond donors (Lipinski definition) is 2. The molecule has 2 N–H and O–H groups in total. The van der Waals surface area contributed by atoms with Crippen molar-refractivity contribution >= 4 is 5.69 Å². The Morgan fingerprint density at radius 3 is 2.86 bits per heavy atom. The summed E-state index contributed by atoms with van der Waals surface area (Å²) in [5.41, 5.74) is 2.64. The normalized spacial score (nSPS) is 32.7. The molecule has 0 aliphatic carbocycles. The third-order valence-electron chi connectivity index (χ3n) is 5.50. The van der Waals surface area contributed by atoms with Crippen LogP contribution in [0.15, 0.2) is 24.3 Å². The molecule has 0 unspecified atom stereocenters. The highest BCUT2D eigenvalue weighted by Gasteiger charge is 2.51. The van der Waals surface area contributed by atoms with Crippen molar-refractivity contribution in [1.82, 2.24) is 4.90 Å². The van der Waals surface area contributed by atoms with Crippen LogP contribution in [0, 0.1) is 5.92 Å². The van der Waals surface area contributed by atoms with Crippen LogP contribution >= 0.6 is 0 Å². The van der Waals surface area contributed by atoms with E-state index in [2.05, 4.69) is 34.5 Å². The Labute approximate surface area is 126 Å². The van der Waals surface area contributed by atoms with Crippen LogP contribution in [0.2, 0.25) is 0 Å². The van der Waals surface area contributed by atoms with Gasteiger partial charge in [0.2, 0.25) is 0 Å². The average Bonchev–Trinajstić information content (AvgIpc) is 2.54. The molecule has 3 aliphatic rings. The van der Waals surface area contributed by atoms with Crippen LogP contribution < -0.4 is 5.32 Å². The fourth-order valence-corrected chi connectivity index (χ4v) is 4.35. The summed E-state index contributed by atoms with van der Waals surface area (Å²) in [5, 5.41) is 13.4. The zero-order chi connectivity index (χ0) is 14.2. The maximum absolute atomic E-state index is 9.86. The monoisotopic (exact) mass is 288 g/mol. The van der Waals surface area contributed by atoms with Gasteiger partial charge in [0.25, 0.3) is 0 Å². The van der Waals surface area contributed by atoms with Crippen LogP contribution in [-0.4, -0.2) is 55.0 Å². The predicted octanol–water partition coefficient (Wildman–Crippen LogP) is 1.67. The van der Waals surface area contributed by atoms with Gasteiger partial charge >= 0.3 is 0 Å². The Hall–Kier alpha value is -1.10. The molecule has 0 spiro atoms. The zero-order valence-corrected chi connectivity index (χ0v) is 12.4. The quantitative estimate of drug-likeness (QED) is 0.888. The fourth-order valence-electron chi connectivity index (χ4n) is 4.35. The maximum Gasteiger partial charge on any atom is 0.0593 e. The molecule has 1 aromatic rings. The Morgan fingerprint density at radius 2 is 2.05 bits per heavy atom. The van der Waals surface area contributed by atoms with Gasteiger partial charge in [-0.05, 0) is 30.4 Å². The summed E-state index contributed by atoms with van der Waals surface area (Å²) < 4.78 is 5.46. The number of hydrogen-bond acceptors (Lipinski definition) is 4. The third-order valence-corrected chi connectivity index (χ3v) is 5.50. The molecule has 4 rings (SSSR count). The van der Waals surface area contributed by atoms with Crippen LogP contribution in [0.1, 0.15) is 24.3 Å². The molecule has 0 amide bonds. The number of nitrogens with zero attached hydrogens (tertiary/aromatic N) is 1. The lowest BCUT2D eigenvalue weighted by Crippen LogP contribution is -2.68. The first-order chi connectivity index (χ1) is 10.4. The minimum absolute atomic E-state index is 0.263. The zero-order valence-electron chi connectivity index (χ0n) is 12.4. The second-order valence-corrected chi connectivity index (χ2v) is 6.56. The molecule has 2 fully saturated rings. The number of likely N-dealkylation sites (tertiary alicyclic amines) is 1. The Kier molecular flexibility index (Phi) is 3.61. The van der Waals surface area contributed by atoms with Gasteiger partial charge in [-0.3, -0.25) is 4.90 Å². The minimum atomic E-state index is 0.263. The van der Waals surface area contributed by atoms with Crippen molar-refractivity contribution in [2.24, 2.45) is 5.92 Å². The van der Waals surface area contributed by atoms with Crippen LogP contribution in [0.5, 0.6) is 0 Å². The lowest BCUT2D eigenvalue weighted by molar-refractivity contribution is -0.0602. The highest BCUT2D eigenvalue weighted by atomic mass is 16.5. The molecule has 0 radical (unpaired) electrons. The fraction of sp³-hybridized carbons (Fsp3) is 0.647. The smallest absolute Gasteiger partial charge is 0.0593 e. The molecule has 0 saturated carbocycles. The highest BCUT2D eigenvalue weighted by molar-refractivity contribution is 5.57. The summed E-state index contributed by atoms with van der Waals surface area (Å²) in [4.78, 5) is 2.53. The van der Waals surface area contributed by atoms with Gasteiger partial charge in [0, 0.05) is 50.0 Å². The molecule has 21 heavy (non-hydrogen) atoms. The molecule has 3 atom stereocenters. The van der Waals surface area contributed by atoms with Crippen molar-refractivity contribution in [3.63, 3.8) is 0 Å². The van der Waals surface area contributed by atoms with Crippen LogP contribution in [0.3, 0.4) is 0 Å². The molecule has 4 heteroatoms. The molecular formula is C17H24N2O2. The van der Waals surface area contributed by atoms with Crippen molar-refractivity contribution in [2.75, 3.05) is 38.2 Å². The average molecular weight is 288 g/mol. The largest absolute Gasteiger partial charge is 0.395 e. The van der Waals surface area contributed by atoms with E-state index in [0.717, 1.165) is 45.1 Å². The highest BCUT2D eigenvalue weighted by Crippen LogP contribution is 2.46. The summed E-state index contributed by atoms with van der Waals surface area (Å²) in [5.74, 6) is 1.22. The number of aliphatic hydroxyl groups is 1. The van der Waals surface area contributed by atoms with E-state index >= 15 is 0 Å². The summed E-state index contributed by atoms with van der Waals surface area (Å²) in [6, 6.07) is 9.40. The van der Waals surface area contributed by atoms with Crippen LogP contribution in [0.25, 0.3) is 0 Å². The van der Waals surface area contributed by atoms with Crippen molar-refractivity contribution in [2.45, 2.75) is 30.8 Å². The number of nitrogens with one attached hydrogen (secondary N) is 1. The van der Waals surface area contributed by atoms with Gasteiger partial charge < -0.3 is 15.2 Å². The van der Waals surface area contributed by atoms with Crippen molar-refractivity contribution in [1.29, 1.82) is 0 Å². The Balaban J connectivity index is 1.51. The van der Waals surface area contributed by atoms with Gasteiger partial charge in [-0.25, -0.2) is 0 Å². The van der Waals surface area contributed by atoms with Crippen LogP contribution in [0.4, 0.5) is 5.69 Å². The van der Waals surface area contributed by atoms with E-state index in [0.29, 0.717) is 18.0 Å². The number of benzene rings is 1.